The summed E-state index contributed by atoms with van der Waals surface area (Å²) in [5, 5.41) is 2.49. The van der Waals surface area contributed by atoms with E-state index in [1.165, 1.54) is 12.3 Å². The highest BCUT2D eigenvalue weighted by Gasteiger charge is 2.08. The average molecular weight is 237 g/mol. The van der Waals surface area contributed by atoms with Crippen molar-refractivity contribution < 1.29 is 14.3 Å². The Balaban J connectivity index is 2.30. The molecule has 0 saturated carbocycles. The minimum absolute atomic E-state index is 0.0772. The van der Waals surface area contributed by atoms with E-state index in [2.05, 4.69) is 10.3 Å². The van der Waals surface area contributed by atoms with Crippen molar-refractivity contribution >= 4 is 17.6 Å². The van der Waals surface area contributed by atoms with Gasteiger partial charge in [0.15, 0.2) is 0 Å². The second-order valence-corrected chi connectivity index (χ2v) is 3.39. The van der Waals surface area contributed by atoms with Gasteiger partial charge in [-0.15, -0.1) is 0 Å². The monoisotopic (exact) mass is 237 g/mol. The van der Waals surface area contributed by atoms with Crippen molar-refractivity contribution in [2.75, 3.05) is 19.4 Å². The first kappa shape index (κ1) is 13.0. The van der Waals surface area contributed by atoms with Gasteiger partial charge in [0, 0.05) is 13.5 Å². The Labute approximate surface area is 99.2 Å². The molecule has 0 aromatic carbocycles. The fourth-order valence-electron chi connectivity index (χ4n) is 1.12. The summed E-state index contributed by atoms with van der Waals surface area (Å²) in [6, 6.07) is 3.07. The summed E-state index contributed by atoms with van der Waals surface area (Å²) in [5.74, 6) is -0.589. The van der Waals surface area contributed by atoms with Crippen molar-refractivity contribution in [3.8, 4) is 0 Å². The normalized spacial score (nSPS) is 9.71. The van der Waals surface area contributed by atoms with E-state index in [-0.39, 0.29) is 18.2 Å². The smallest absolute Gasteiger partial charge is 0.356 e. The maximum Gasteiger partial charge on any atom is 0.356 e. The van der Waals surface area contributed by atoms with Crippen LogP contribution in [-0.2, 0) is 9.53 Å². The van der Waals surface area contributed by atoms with E-state index in [1.807, 2.05) is 0 Å². The van der Waals surface area contributed by atoms with Gasteiger partial charge in [-0.3, -0.25) is 4.79 Å². The number of carbonyl (C=O) groups is 2. The summed E-state index contributed by atoms with van der Waals surface area (Å²) in [5.41, 5.74) is 6.13. The quantitative estimate of drug-likeness (QED) is 0.569. The van der Waals surface area contributed by atoms with Crippen LogP contribution in [0, 0.1) is 0 Å². The van der Waals surface area contributed by atoms with Gasteiger partial charge in [0.25, 0.3) is 0 Å². The van der Waals surface area contributed by atoms with Crippen molar-refractivity contribution in [2.24, 2.45) is 0 Å². The molecule has 1 rings (SSSR count). The number of amides is 1. The van der Waals surface area contributed by atoms with Gasteiger partial charge in [-0.05, 0) is 18.6 Å². The molecule has 0 spiro atoms. The molecule has 0 aliphatic carbocycles. The van der Waals surface area contributed by atoms with E-state index < -0.39 is 5.97 Å². The van der Waals surface area contributed by atoms with Gasteiger partial charge >= 0.3 is 5.97 Å². The molecule has 0 fully saturated rings. The van der Waals surface area contributed by atoms with Crippen molar-refractivity contribution in [1.29, 1.82) is 0 Å². The largest absolute Gasteiger partial charge is 0.461 e. The van der Waals surface area contributed by atoms with E-state index in [0.717, 1.165) is 0 Å². The number of nitrogen functional groups attached to an aromatic ring is 1. The molecule has 0 aliphatic heterocycles. The Morgan fingerprint density at radius 1 is 1.47 bits per heavy atom. The molecular formula is C11H15N3O3. The third-order valence-electron chi connectivity index (χ3n) is 2.06. The minimum atomic E-state index is -0.512. The molecule has 17 heavy (non-hydrogen) atoms. The summed E-state index contributed by atoms with van der Waals surface area (Å²) < 4.78 is 4.94. The lowest BCUT2D eigenvalue weighted by Gasteiger charge is -2.04. The fourth-order valence-corrected chi connectivity index (χ4v) is 1.12. The van der Waals surface area contributed by atoms with Crippen LogP contribution in [0.3, 0.4) is 0 Å². The standard InChI is InChI=1S/C11H15N3O3/c1-13-10(15)3-2-6-17-11(16)9-5-4-8(12)7-14-9/h4-5,7H,2-3,6,12H2,1H3,(H,13,15). The number of hydrogen-bond donors (Lipinski definition) is 2. The molecule has 1 heterocycles. The maximum absolute atomic E-state index is 11.4. The summed E-state index contributed by atoms with van der Waals surface area (Å²) in [7, 11) is 1.56. The number of rotatable bonds is 5. The molecular weight excluding hydrogens is 222 g/mol. The Bertz CT molecular complexity index is 389. The number of anilines is 1. The third-order valence-corrected chi connectivity index (χ3v) is 2.06. The van der Waals surface area contributed by atoms with Crippen molar-refractivity contribution in [1.82, 2.24) is 10.3 Å². The van der Waals surface area contributed by atoms with Crippen LogP contribution in [-0.4, -0.2) is 30.5 Å². The van der Waals surface area contributed by atoms with Crippen molar-refractivity contribution in [3.05, 3.63) is 24.0 Å². The summed E-state index contributed by atoms with van der Waals surface area (Å²) in [6.07, 6.45) is 2.21. The number of carbonyl (C=O) groups excluding carboxylic acids is 2. The second-order valence-electron chi connectivity index (χ2n) is 3.39. The molecule has 0 radical (unpaired) electrons. The van der Waals surface area contributed by atoms with E-state index >= 15 is 0 Å². The molecule has 6 nitrogen and oxygen atoms in total. The summed E-state index contributed by atoms with van der Waals surface area (Å²) in [6.45, 7) is 0.193. The molecule has 0 unspecified atom stereocenters. The molecule has 1 aromatic rings. The molecule has 0 aliphatic rings. The number of ether oxygens (including phenoxy) is 1. The van der Waals surface area contributed by atoms with Crippen LogP contribution in [0.25, 0.3) is 0 Å². The number of esters is 1. The van der Waals surface area contributed by atoms with Crippen LogP contribution in [0.15, 0.2) is 18.3 Å². The van der Waals surface area contributed by atoms with Crippen LogP contribution in [0.2, 0.25) is 0 Å². The SMILES string of the molecule is CNC(=O)CCCOC(=O)c1ccc(N)cn1. The zero-order valence-corrected chi connectivity index (χ0v) is 9.60. The third kappa shape index (κ3) is 4.50. The number of hydrogen-bond acceptors (Lipinski definition) is 5. The van der Waals surface area contributed by atoms with Gasteiger partial charge in [0.1, 0.15) is 5.69 Å². The van der Waals surface area contributed by atoms with Crippen LogP contribution in [0.5, 0.6) is 0 Å². The maximum atomic E-state index is 11.4. The topological polar surface area (TPSA) is 94.3 Å². The molecule has 0 saturated heterocycles. The molecule has 6 heteroatoms. The lowest BCUT2D eigenvalue weighted by molar-refractivity contribution is -0.120. The van der Waals surface area contributed by atoms with Gasteiger partial charge < -0.3 is 15.8 Å². The van der Waals surface area contributed by atoms with Crippen molar-refractivity contribution in [2.45, 2.75) is 12.8 Å². The first-order valence-corrected chi connectivity index (χ1v) is 5.22. The Hall–Kier alpha value is -2.11. The Kier molecular flexibility index (Phi) is 4.93. The minimum Gasteiger partial charge on any atom is -0.461 e. The zero-order valence-electron chi connectivity index (χ0n) is 9.60. The number of nitrogens with two attached hydrogens (primary N) is 1. The first-order valence-electron chi connectivity index (χ1n) is 5.22. The lowest BCUT2D eigenvalue weighted by Crippen LogP contribution is -2.18. The Morgan fingerprint density at radius 3 is 2.82 bits per heavy atom. The molecule has 0 bridgehead atoms. The Morgan fingerprint density at radius 2 is 2.24 bits per heavy atom. The molecule has 92 valence electrons. The predicted molar refractivity (Wildman–Crippen MR) is 62.2 cm³/mol. The van der Waals surface area contributed by atoms with Crippen LogP contribution in [0.4, 0.5) is 5.69 Å². The lowest BCUT2D eigenvalue weighted by atomic mass is 10.3. The molecule has 0 atom stereocenters. The van der Waals surface area contributed by atoms with E-state index in [1.54, 1.807) is 13.1 Å². The average Bonchev–Trinajstić information content (AvgIpc) is 2.34. The highest BCUT2D eigenvalue weighted by Crippen LogP contribution is 2.03. The number of nitrogens with zero attached hydrogens (tertiary/aromatic N) is 1. The molecule has 1 aromatic heterocycles. The van der Waals surface area contributed by atoms with Gasteiger partial charge in [-0.25, -0.2) is 9.78 Å². The first-order chi connectivity index (χ1) is 8.13. The van der Waals surface area contributed by atoms with Crippen molar-refractivity contribution in [3.63, 3.8) is 0 Å². The predicted octanol–water partition coefficient (Wildman–Crippen LogP) is 0.347. The number of nitrogens with one attached hydrogen (secondary N) is 1. The highest BCUT2D eigenvalue weighted by atomic mass is 16.5. The van der Waals surface area contributed by atoms with Gasteiger partial charge in [-0.2, -0.15) is 0 Å². The van der Waals surface area contributed by atoms with E-state index in [9.17, 15) is 9.59 Å². The summed E-state index contributed by atoms with van der Waals surface area (Å²) in [4.78, 5) is 26.2. The van der Waals surface area contributed by atoms with Gasteiger partial charge in [0.2, 0.25) is 5.91 Å². The number of aromatic nitrogens is 1. The van der Waals surface area contributed by atoms with Gasteiger partial charge in [-0.1, -0.05) is 0 Å². The van der Waals surface area contributed by atoms with Crippen LogP contribution in [0.1, 0.15) is 23.3 Å². The number of pyridine rings is 1. The van der Waals surface area contributed by atoms with Crippen LogP contribution < -0.4 is 11.1 Å². The highest BCUT2D eigenvalue weighted by molar-refractivity contribution is 5.87. The van der Waals surface area contributed by atoms with Gasteiger partial charge in [0.05, 0.1) is 18.5 Å². The second kappa shape index (κ2) is 6.47. The fraction of sp³-hybridized carbons (Fsp3) is 0.364. The van der Waals surface area contributed by atoms with E-state index in [4.69, 9.17) is 10.5 Å². The van der Waals surface area contributed by atoms with E-state index in [0.29, 0.717) is 18.5 Å². The molecule has 3 N–H and O–H groups in total. The summed E-state index contributed by atoms with van der Waals surface area (Å²) >= 11 is 0. The zero-order chi connectivity index (χ0) is 12.7. The van der Waals surface area contributed by atoms with Crippen LogP contribution >= 0.6 is 0 Å². The molecule has 1 amide bonds.